The lowest BCUT2D eigenvalue weighted by Crippen LogP contribution is -2.59. The van der Waals surface area contributed by atoms with Crippen LogP contribution in [0.5, 0.6) is 0 Å². The van der Waals surface area contributed by atoms with Gasteiger partial charge in [-0.25, -0.2) is 4.98 Å². The van der Waals surface area contributed by atoms with Gasteiger partial charge in [-0.15, -0.1) is 0 Å². The molecular weight excluding hydrogens is 330 g/mol. The summed E-state index contributed by atoms with van der Waals surface area (Å²) in [4.78, 5) is 11.5. The van der Waals surface area contributed by atoms with Crippen LogP contribution in [0.15, 0.2) is 22.9 Å². The topological polar surface area (TPSA) is 90.3 Å². The van der Waals surface area contributed by atoms with Crippen LogP contribution in [-0.2, 0) is 10.3 Å². The molecule has 0 amide bonds. The molecule has 6 rings (SSSR count). The third-order valence-electron chi connectivity index (χ3n) is 6.35. The van der Waals surface area contributed by atoms with E-state index >= 15 is 0 Å². The Hall–Kier alpha value is -1.99. The summed E-state index contributed by atoms with van der Waals surface area (Å²) in [6, 6.07) is 3.97. The Morgan fingerprint density at radius 1 is 1.15 bits per heavy atom. The highest BCUT2D eigenvalue weighted by Gasteiger charge is 2.72. The molecule has 0 unspecified atom stereocenters. The Labute approximate surface area is 152 Å². The van der Waals surface area contributed by atoms with E-state index in [4.69, 9.17) is 15.0 Å². The molecule has 0 aromatic carbocycles. The lowest BCUT2D eigenvalue weighted by atomic mass is 9.63. The lowest BCUT2D eigenvalue weighted by molar-refractivity contribution is -0.0788. The zero-order chi connectivity index (χ0) is 18.0. The quantitative estimate of drug-likeness (QED) is 0.905. The summed E-state index contributed by atoms with van der Waals surface area (Å²) in [7, 11) is 0. The number of fused-ring (bicyclic) bond motifs is 1. The fourth-order valence-electron chi connectivity index (χ4n) is 4.63. The molecule has 0 radical (unpaired) electrons. The molecular formula is C19H25N5O2. The third-order valence-corrected chi connectivity index (χ3v) is 6.35. The molecule has 2 bridgehead atoms. The van der Waals surface area contributed by atoms with Gasteiger partial charge in [0.15, 0.2) is 5.60 Å². The van der Waals surface area contributed by atoms with Gasteiger partial charge in [0.2, 0.25) is 5.82 Å². The van der Waals surface area contributed by atoms with Crippen molar-refractivity contribution in [3.8, 4) is 11.4 Å². The normalized spacial score (nSPS) is 32.5. The molecule has 26 heavy (non-hydrogen) atoms. The molecule has 4 fully saturated rings. The summed E-state index contributed by atoms with van der Waals surface area (Å²) >= 11 is 0. The van der Waals surface area contributed by atoms with Gasteiger partial charge >= 0.3 is 0 Å². The molecule has 3 aliphatic heterocycles. The summed E-state index contributed by atoms with van der Waals surface area (Å²) < 4.78 is 11.8. The van der Waals surface area contributed by atoms with Crippen LogP contribution in [-0.4, -0.2) is 39.4 Å². The van der Waals surface area contributed by atoms with Crippen molar-refractivity contribution in [3.05, 3.63) is 24.2 Å². The zero-order valence-corrected chi connectivity index (χ0v) is 15.4. The third kappa shape index (κ3) is 2.23. The average Bonchev–Trinajstić information content (AvgIpc) is 3.23. The summed E-state index contributed by atoms with van der Waals surface area (Å²) in [5.41, 5.74) is 6.15. The predicted octanol–water partition coefficient (Wildman–Crippen LogP) is 2.62. The molecule has 7 nitrogen and oxygen atoms in total. The number of anilines is 1. The minimum atomic E-state index is -0.522. The maximum Gasteiger partial charge on any atom is 0.259 e. The summed E-state index contributed by atoms with van der Waals surface area (Å²) in [6.07, 6.45) is 7.00. The standard InChI is InChI=1S/C19H25N5O2/c1-17(2)19(20)11-18(12-19,26-17)16-22-15(23-25-16)13-6-7-21-14(10-13)24-8-4-3-5-9-24/h6-7,10H,3-5,8-9,11-12,20H2,1-2H3. The number of piperidine rings is 1. The second-order valence-electron chi connectivity index (χ2n) is 8.49. The van der Waals surface area contributed by atoms with Crippen molar-refractivity contribution in [2.75, 3.05) is 18.0 Å². The fraction of sp³-hybridized carbons (Fsp3) is 0.632. The van der Waals surface area contributed by atoms with Gasteiger partial charge in [0.25, 0.3) is 5.89 Å². The molecule has 1 aliphatic carbocycles. The van der Waals surface area contributed by atoms with Crippen LogP contribution < -0.4 is 10.6 Å². The number of aromatic nitrogens is 3. The number of nitrogens with two attached hydrogens (primary N) is 1. The second-order valence-corrected chi connectivity index (χ2v) is 8.49. The van der Waals surface area contributed by atoms with E-state index in [9.17, 15) is 0 Å². The van der Waals surface area contributed by atoms with Crippen molar-refractivity contribution in [2.24, 2.45) is 5.73 Å². The summed E-state index contributed by atoms with van der Waals surface area (Å²) in [6.45, 7) is 6.18. The summed E-state index contributed by atoms with van der Waals surface area (Å²) in [5.74, 6) is 2.10. The highest BCUT2D eigenvalue weighted by Crippen LogP contribution is 2.63. The van der Waals surface area contributed by atoms with E-state index < -0.39 is 5.60 Å². The van der Waals surface area contributed by atoms with E-state index in [1.165, 1.54) is 19.3 Å². The van der Waals surface area contributed by atoms with Gasteiger partial charge < -0.3 is 19.9 Å². The van der Waals surface area contributed by atoms with Crippen molar-refractivity contribution >= 4 is 5.82 Å². The first-order valence-electron chi connectivity index (χ1n) is 9.46. The number of rotatable bonds is 3. The van der Waals surface area contributed by atoms with Crippen LogP contribution in [0.1, 0.15) is 51.8 Å². The van der Waals surface area contributed by atoms with Crippen LogP contribution in [0.2, 0.25) is 0 Å². The first-order valence-corrected chi connectivity index (χ1v) is 9.46. The molecule has 2 aromatic heterocycles. The molecule has 4 aliphatic rings. The first-order chi connectivity index (χ1) is 12.4. The Balaban J connectivity index is 1.41. The fourth-order valence-corrected chi connectivity index (χ4v) is 4.63. The minimum Gasteiger partial charge on any atom is -0.357 e. The molecule has 1 saturated carbocycles. The van der Waals surface area contributed by atoms with Gasteiger partial charge in [-0.2, -0.15) is 4.98 Å². The number of hydrogen-bond acceptors (Lipinski definition) is 7. The number of hydrogen-bond donors (Lipinski definition) is 1. The van der Waals surface area contributed by atoms with E-state index in [1.54, 1.807) is 0 Å². The number of nitrogens with zero attached hydrogens (tertiary/aromatic N) is 4. The van der Waals surface area contributed by atoms with E-state index in [-0.39, 0.29) is 11.1 Å². The van der Waals surface area contributed by atoms with Gasteiger partial charge in [-0.3, -0.25) is 0 Å². The van der Waals surface area contributed by atoms with Crippen LogP contribution in [0.4, 0.5) is 5.82 Å². The smallest absolute Gasteiger partial charge is 0.259 e. The molecule has 2 aromatic rings. The number of pyridine rings is 1. The molecule has 7 heteroatoms. The predicted molar refractivity (Wildman–Crippen MR) is 96.6 cm³/mol. The van der Waals surface area contributed by atoms with E-state index in [0.717, 1.165) is 37.3 Å². The Morgan fingerprint density at radius 2 is 1.92 bits per heavy atom. The average molecular weight is 355 g/mol. The molecule has 0 atom stereocenters. The number of ether oxygens (including phenoxy) is 1. The van der Waals surface area contributed by atoms with Gasteiger partial charge in [0.05, 0.1) is 11.1 Å². The highest BCUT2D eigenvalue weighted by atomic mass is 16.6. The Kier molecular flexibility index (Phi) is 3.28. The molecule has 5 heterocycles. The van der Waals surface area contributed by atoms with E-state index in [2.05, 4.69) is 20.0 Å². The van der Waals surface area contributed by atoms with E-state index in [1.807, 2.05) is 32.2 Å². The Morgan fingerprint density at radius 3 is 2.62 bits per heavy atom. The molecule has 138 valence electrons. The van der Waals surface area contributed by atoms with Gasteiger partial charge in [-0.1, -0.05) is 5.16 Å². The first kappa shape index (κ1) is 16.2. The van der Waals surface area contributed by atoms with Crippen LogP contribution in [0.3, 0.4) is 0 Å². The summed E-state index contributed by atoms with van der Waals surface area (Å²) in [5, 5.41) is 4.20. The monoisotopic (exact) mass is 355 g/mol. The SMILES string of the molecule is CC1(C)OC2(c3nc(-c4ccnc(N5CCCCC5)c4)no3)CC1(N)C2. The van der Waals surface area contributed by atoms with Crippen molar-refractivity contribution in [1.29, 1.82) is 0 Å². The maximum atomic E-state index is 6.44. The van der Waals surface area contributed by atoms with Crippen molar-refractivity contribution < 1.29 is 9.26 Å². The molecule has 0 spiro atoms. The molecule has 3 saturated heterocycles. The highest BCUT2D eigenvalue weighted by molar-refractivity contribution is 5.60. The largest absolute Gasteiger partial charge is 0.357 e. The Bertz CT molecular complexity index is 831. The lowest BCUT2D eigenvalue weighted by Gasteiger charge is -2.41. The maximum absolute atomic E-state index is 6.44. The van der Waals surface area contributed by atoms with Gasteiger partial charge in [-0.05, 0) is 45.2 Å². The second kappa shape index (κ2) is 5.27. The zero-order valence-electron chi connectivity index (χ0n) is 15.4. The van der Waals surface area contributed by atoms with E-state index in [0.29, 0.717) is 11.7 Å². The van der Waals surface area contributed by atoms with Crippen LogP contribution >= 0.6 is 0 Å². The van der Waals surface area contributed by atoms with Gasteiger partial charge in [0.1, 0.15) is 5.82 Å². The molecule has 2 N–H and O–H groups in total. The van der Waals surface area contributed by atoms with Crippen molar-refractivity contribution in [1.82, 2.24) is 15.1 Å². The minimum absolute atomic E-state index is 0.306. The van der Waals surface area contributed by atoms with Crippen molar-refractivity contribution in [2.45, 2.75) is 62.7 Å². The van der Waals surface area contributed by atoms with Crippen LogP contribution in [0.25, 0.3) is 11.4 Å². The van der Waals surface area contributed by atoms with Crippen LogP contribution in [0, 0.1) is 0 Å². The van der Waals surface area contributed by atoms with Crippen molar-refractivity contribution in [3.63, 3.8) is 0 Å². The van der Waals surface area contributed by atoms with Gasteiger partial charge in [0, 0.05) is 37.7 Å².